The Balaban J connectivity index is 1.72. The predicted molar refractivity (Wildman–Crippen MR) is 140 cm³/mol. The molecule has 4 N–H and O–H groups in total. The summed E-state index contributed by atoms with van der Waals surface area (Å²) in [6, 6.07) is 21.9. The van der Waals surface area contributed by atoms with Gasteiger partial charge in [-0.15, -0.1) is 0 Å². The molecule has 2 atom stereocenters. The lowest BCUT2D eigenvalue weighted by atomic mass is 9.88. The molecule has 4 rings (SSSR count). The summed E-state index contributed by atoms with van der Waals surface area (Å²) in [5, 5.41) is 6.61. The van der Waals surface area contributed by atoms with Gasteiger partial charge >= 0.3 is 0 Å². The van der Waals surface area contributed by atoms with Crippen molar-refractivity contribution in [1.29, 1.82) is 0 Å². The van der Waals surface area contributed by atoms with Crippen LogP contribution < -0.4 is 21.3 Å². The first kappa shape index (κ1) is 23.4. The van der Waals surface area contributed by atoms with Crippen molar-refractivity contribution in [1.82, 2.24) is 0 Å². The van der Waals surface area contributed by atoms with Gasteiger partial charge in [0.1, 0.15) is 0 Å². The minimum Gasteiger partial charge on any atom is -0.399 e. The highest BCUT2D eigenvalue weighted by Crippen LogP contribution is 2.41. The fraction of sp³-hybridized carbons (Fsp3) is 0.286. The Hall–Kier alpha value is -3.80. The fourth-order valence-electron chi connectivity index (χ4n) is 4.50. The van der Waals surface area contributed by atoms with Crippen LogP contribution in [-0.2, 0) is 9.59 Å². The molecule has 0 saturated heterocycles. The van der Waals surface area contributed by atoms with Crippen molar-refractivity contribution in [2.45, 2.75) is 46.2 Å². The molecule has 0 saturated carbocycles. The highest BCUT2D eigenvalue weighted by molar-refractivity contribution is 5.95. The summed E-state index contributed by atoms with van der Waals surface area (Å²) in [6.45, 7) is 7.44. The number of benzene rings is 3. The number of nitrogens with one attached hydrogen (secondary N) is 2. The summed E-state index contributed by atoms with van der Waals surface area (Å²) in [4.78, 5) is 26.5. The van der Waals surface area contributed by atoms with Crippen molar-refractivity contribution in [2.75, 3.05) is 21.3 Å². The molecule has 6 heteroatoms. The molecule has 0 unspecified atom stereocenters. The van der Waals surface area contributed by atoms with Crippen LogP contribution in [0.2, 0.25) is 0 Å². The highest BCUT2D eigenvalue weighted by atomic mass is 16.2. The van der Waals surface area contributed by atoms with Gasteiger partial charge in [-0.2, -0.15) is 0 Å². The van der Waals surface area contributed by atoms with Gasteiger partial charge in [0.2, 0.25) is 11.8 Å². The van der Waals surface area contributed by atoms with E-state index in [1.165, 1.54) is 0 Å². The normalized spacial score (nSPS) is 17.3. The number of hydrogen-bond acceptors (Lipinski definition) is 4. The molecule has 176 valence electrons. The number of nitrogen functional groups attached to an aromatic ring is 1. The zero-order valence-electron chi connectivity index (χ0n) is 20.1. The zero-order chi connectivity index (χ0) is 24.4. The van der Waals surface area contributed by atoms with Crippen molar-refractivity contribution in [3.05, 3.63) is 72.3 Å². The molecule has 34 heavy (non-hydrogen) atoms. The van der Waals surface area contributed by atoms with Gasteiger partial charge in [0.25, 0.3) is 0 Å². The average Bonchev–Trinajstić information content (AvgIpc) is 2.80. The van der Waals surface area contributed by atoms with Gasteiger partial charge in [-0.25, -0.2) is 0 Å². The lowest BCUT2D eigenvalue weighted by Gasteiger charge is -2.39. The molecule has 6 nitrogen and oxygen atoms in total. The van der Waals surface area contributed by atoms with E-state index in [4.69, 9.17) is 5.73 Å². The molecule has 1 aliphatic heterocycles. The predicted octanol–water partition coefficient (Wildman–Crippen LogP) is 5.83. The smallest absolute Gasteiger partial charge is 0.226 e. The second kappa shape index (κ2) is 9.59. The first-order valence-electron chi connectivity index (χ1n) is 11.7. The van der Waals surface area contributed by atoms with E-state index >= 15 is 0 Å². The van der Waals surface area contributed by atoms with E-state index in [-0.39, 0.29) is 29.8 Å². The number of fused-ring (bicyclic) bond motifs is 1. The molecule has 1 aliphatic rings. The minimum atomic E-state index is -0.0906. The van der Waals surface area contributed by atoms with E-state index in [1.807, 2.05) is 79.4 Å². The van der Waals surface area contributed by atoms with Gasteiger partial charge in [0, 0.05) is 41.6 Å². The Morgan fingerprint density at radius 2 is 1.68 bits per heavy atom. The number of amides is 2. The molecule has 0 bridgehead atoms. The lowest BCUT2D eigenvalue weighted by Crippen LogP contribution is -2.43. The average molecular weight is 457 g/mol. The van der Waals surface area contributed by atoms with Gasteiger partial charge in [0.15, 0.2) is 0 Å². The van der Waals surface area contributed by atoms with E-state index in [1.54, 1.807) is 6.92 Å². The lowest BCUT2D eigenvalue weighted by molar-refractivity contribution is -0.119. The number of rotatable bonds is 5. The molecule has 1 heterocycles. The molecular weight excluding hydrogens is 424 g/mol. The van der Waals surface area contributed by atoms with Gasteiger partial charge in [-0.1, -0.05) is 32.0 Å². The van der Waals surface area contributed by atoms with Crippen LogP contribution in [0.1, 0.15) is 45.7 Å². The van der Waals surface area contributed by atoms with E-state index < -0.39 is 0 Å². The number of nitrogens with zero attached hydrogens (tertiary/aromatic N) is 1. The SMILES string of the molecule is CC(=O)N1c2ccc(-c3cccc(NC(=O)C(C)C)c3)cc2[C@H](Nc2ccc(N)cc2)C[C@@H]1C. The number of carbonyl (C=O) groups is 2. The van der Waals surface area contributed by atoms with Gasteiger partial charge < -0.3 is 21.3 Å². The monoisotopic (exact) mass is 456 g/mol. The standard InChI is InChI=1S/C28H32N4O2/c1-17(2)28(34)31-24-7-5-6-20(15-24)21-8-13-27-25(16-21)26(14-18(3)32(27)19(4)33)30-23-11-9-22(29)10-12-23/h5-13,15-18,26,30H,14,29H2,1-4H3,(H,31,34)/t18-,26+/m0/s1. The third kappa shape index (κ3) is 4.91. The summed E-state index contributed by atoms with van der Waals surface area (Å²) < 4.78 is 0. The van der Waals surface area contributed by atoms with Crippen LogP contribution in [0, 0.1) is 5.92 Å². The summed E-state index contributed by atoms with van der Waals surface area (Å²) >= 11 is 0. The maximum Gasteiger partial charge on any atom is 0.226 e. The van der Waals surface area contributed by atoms with Crippen LogP contribution in [0.5, 0.6) is 0 Å². The van der Waals surface area contributed by atoms with Crippen molar-refractivity contribution in [2.24, 2.45) is 5.92 Å². The molecule has 3 aromatic carbocycles. The largest absolute Gasteiger partial charge is 0.399 e. The van der Waals surface area contributed by atoms with Gasteiger partial charge in [-0.3, -0.25) is 9.59 Å². The van der Waals surface area contributed by atoms with E-state index in [2.05, 4.69) is 23.6 Å². The Bertz CT molecular complexity index is 1200. The topological polar surface area (TPSA) is 87.5 Å². The van der Waals surface area contributed by atoms with Crippen LogP contribution in [0.25, 0.3) is 11.1 Å². The molecule has 0 radical (unpaired) electrons. The van der Waals surface area contributed by atoms with Crippen molar-refractivity contribution in [3.63, 3.8) is 0 Å². The maximum absolute atomic E-state index is 12.5. The third-order valence-electron chi connectivity index (χ3n) is 6.26. The second-order valence-electron chi connectivity index (χ2n) is 9.29. The summed E-state index contributed by atoms with van der Waals surface area (Å²) in [7, 11) is 0. The number of carbonyl (C=O) groups excluding carboxylic acids is 2. The minimum absolute atomic E-state index is 0.0126. The van der Waals surface area contributed by atoms with Crippen LogP contribution in [0.3, 0.4) is 0 Å². The van der Waals surface area contributed by atoms with E-state index in [9.17, 15) is 9.59 Å². The highest BCUT2D eigenvalue weighted by Gasteiger charge is 2.32. The van der Waals surface area contributed by atoms with Crippen molar-refractivity contribution < 1.29 is 9.59 Å². The molecular formula is C28H32N4O2. The summed E-state index contributed by atoms with van der Waals surface area (Å²) in [5.41, 5.74) is 12.4. The van der Waals surface area contributed by atoms with Crippen LogP contribution in [0.4, 0.5) is 22.7 Å². The Morgan fingerprint density at radius 3 is 2.35 bits per heavy atom. The van der Waals surface area contributed by atoms with E-state index in [0.29, 0.717) is 0 Å². The fourth-order valence-corrected chi connectivity index (χ4v) is 4.50. The van der Waals surface area contributed by atoms with Crippen LogP contribution >= 0.6 is 0 Å². The second-order valence-corrected chi connectivity index (χ2v) is 9.29. The van der Waals surface area contributed by atoms with Gasteiger partial charge in [-0.05, 0) is 78.6 Å². The molecule has 0 fully saturated rings. The van der Waals surface area contributed by atoms with E-state index in [0.717, 1.165) is 45.9 Å². The Labute approximate surface area is 201 Å². The molecule has 0 aliphatic carbocycles. The number of hydrogen-bond donors (Lipinski definition) is 3. The number of anilines is 4. The van der Waals surface area contributed by atoms with Gasteiger partial charge in [0.05, 0.1) is 6.04 Å². The van der Waals surface area contributed by atoms with Crippen LogP contribution in [0.15, 0.2) is 66.7 Å². The molecule has 0 aromatic heterocycles. The molecule has 3 aromatic rings. The summed E-state index contributed by atoms with van der Waals surface area (Å²) in [6.07, 6.45) is 0.783. The third-order valence-corrected chi connectivity index (χ3v) is 6.26. The quantitative estimate of drug-likeness (QED) is 0.422. The first-order chi connectivity index (χ1) is 16.2. The Kier molecular flexibility index (Phi) is 6.59. The first-order valence-corrected chi connectivity index (χ1v) is 11.7. The Morgan fingerprint density at radius 1 is 0.971 bits per heavy atom. The van der Waals surface area contributed by atoms with Crippen LogP contribution in [-0.4, -0.2) is 17.9 Å². The maximum atomic E-state index is 12.5. The van der Waals surface area contributed by atoms with Crippen molar-refractivity contribution in [3.8, 4) is 11.1 Å². The zero-order valence-corrected chi connectivity index (χ0v) is 20.1. The number of nitrogens with two attached hydrogens (primary N) is 1. The summed E-state index contributed by atoms with van der Waals surface area (Å²) in [5.74, 6) is -0.0700. The molecule has 0 spiro atoms. The molecule has 2 amide bonds. The van der Waals surface area contributed by atoms with Crippen molar-refractivity contribution >= 4 is 34.6 Å².